The Bertz CT molecular complexity index is 447. The van der Waals surface area contributed by atoms with Crippen molar-refractivity contribution in [3.8, 4) is 0 Å². The van der Waals surface area contributed by atoms with E-state index in [-0.39, 0.29) is 0 Å². The van der Waals surface area contributed by atoms with E-state index in [1.165, 1.54) is 48.3 Å². The van der Waals surface area contributed by atoms with E-state index in [0.717, 1.165) is 18.9 Å². The number of halogens is 1. The minimum atomic E-state index is 0.598. The highest BCUT2D eigenvalue weighted by Gasteiger charge is 2.22. The fourth-order valence-corrected chi connectivity index (χ4v) is 3.70. The van der Waals surface area contributed by atoms with Gasteiger partial charge in [0.25, 0.3) is 0 Å². The third-order valence-corrected chi connectivity index (χ3v) is 5.31. The highest BCUT2D eigenvalue weighted by Crippen LogP contribution is 2.25. The lowest BCUT2D eigenvalue weighted by Gasteiger charge is -2.32. The van der Waals surface area contributed by atoms with E-state index in [0.29, 0.717) is 6.04 Å². The van der Waals surface area contributed by atoms with E-state index in [1.54, 1.807) is 0 Å². The van der Waals surface area contributed by atoms with Crippen LogP contribution in [0.4, 0.5) is 0 Å². The summed E-state index contributed by atoms with van der Waals surface area (Å²) in [6.45, 7) is 11.2. The van der Waals surface area contributed by atoms with Crippen LogP contribution in [-0.4, -0.2) is 40.4 Å². The number of aryl methyl sites for hydroxylation is 2. The van der Waals surface area contributed by atoms with Crippen LogP contribution >= 0.6 is 15.9 Å². The first-order valence-electron chi connectivity index (χ1n) is 8.17. The van der Waals surface area contributed by atoms with Crippen molar-refractivity contribution >= 4 is 15.9 Å². The zero-order chi connectivity index (χ0) is 15.4. The lowest BCUT2D eigenvalue weighted by Crippen LogP contribution is -2.38. The molecular weight excluding hydrogens is 328 g/mol. The van der Waals surface area contributed by atoms with Crippen molar-refractivity contribution in [2.75, 3.05) is 19.6 Å². The van der Waals surface area contributed by atoms with Crippen molar-refractivity contribution in [3.05, 3.63) is 15.9 Å². The molecule has 1 aliphatic rings. The molecule has 120 valence electrons. The topological polar surface area (TPSA) is 33.1 Å². The number of likely N-dealkylation sites (tertiary alicyclic amines) is 1. The Hall–Kier alpha value is -0.390. The lowest BCUT2D eigenvalue weighted by atomic mass is 9.96. The van der Waals surface area contributed by atoms with E-state index < -0.39 is 0 Å². The van der Waals surface area contributed by atoms with Gasteiger partial charge in [-0.25, -0.2) is 0 Å². The summed E-state index contributed by atoms with van der Waals surface area (Å²) in [5.74, 6) is 0.838. The quantitative estimate of drug-likeness (QED) is 0.850. The molecular formula is C16H29BrN4. The monoisotopic (exact) mass is 356 g/mol. The number of aromatic nitrogens is 2. The summed E-state index contributed by atoms with van der Waals surface area (Å²) in [5.41, 5.74) is 2.48. The Morgan fingerprint density at radius 1 is 1.33 bits per heavy atom. The van der Waals surface area contributed by atoms with E-state index in [9.17, 15) is 0 Å². The lowest BCUT2D eigenvalue weighted by molar-refractivity contribution is 0.170. The Kier molecular flexibility index (Phi) is 6.26. The Labute approximate surface area is 137 Å². The van der Waals surface area contributed by atoms with Crippen molar-refractivity contribution in [2.45, 2.75) is 52.6 Å². The fraction of sp³-hybridized carbons (Fsp3) is 0.812. The predicted molar refractivity (Wildman–Crippen MR) is 91.4 cm³/mol. The molecule has 1 aliphatic heterocycles. The maximum absolute atomic E-state index is 4.59. The zero-order valence-electron chi connectivity index (χ0n) is 13.8. The summed E-state index contributed by atoms with van der Waals surface area (Å²) in [7, 11) is 2.05. The second kappa shape index (κ2) is 7.75. The molecule has 0 atom stereocenters. The van der Waals surface area contributed by atoms with Crippen molar-refractivity contribution in [2.24, 2.45) is 13.0 Å². The van der Waals surface area contributed by atoms with Crippen molar-refractivity contribution in [1.29, 1.82) is 0 Å². The third kappa shape index (κ3) is 4.54. The molecule has 0 amide bonds. The van der Waals surface area contributed by atoms with Crippen molar-refractivity contribution in [3.63, 3.8) is 0 Å². The predicted octanol–water partition coefficient (Wildman–Crippen LogP) is 2.96. The normalized spacial score (nSPS) is 17.8. The van der Waals surface area contributed by atoms with Crippen LogP contribution in [0.5, 0.6) is 0 Å². The van der Waals surface area contributed by atoms with E-state index in [4.69, 9.17) is 0 Å². The minimum Gasteiger partial charge on any atom is -0.314 e. The number of nitrogens with zero attached hydrogens (tertiary/aromatic N) is 3. The maximum Gasteiger partial charge on any atom is 0.0767 e. The molecule has 4 nitrogen and oxygen atoms in total. The first-order chi connectivity index (χ1) is 10.0. The molecule has 0 aliphatic carbocycles. The standard InChI is InChI=1S/C16H29BrN4/c1-5-14-16(17)15(20(4)19-14)11-21-8-6-13(7-9-21)10-18-12(2)3/h12-13,18H,5-11H2,1-4H3. The molecule has 2 rings (SSSR count). The van der Waals surface area contributed by atoms with E-state index in [1.807, 2.05) is 4.68 Å². The maximum atomic E-state index is 4.59. The Morgan fingerprint density at radius 2 is 2.00 bits per heavy atom. The molecule has 5 heteroatoms. The molecule has 2 heterocycles. The number of nitrogens with one attached hydrogen (secondary N) is 1. The first kappa shape index (κ1) is 17.0. The molecule has 1 N–H and O–H groups in total. The molecule has 0 unspecified atom stereocenters. The summed E-state index contributed by atoms with van der Waals surface area (Å²) < 4.78 is 3.24. The first-order valence-corrected chi connectivity index (χ1v) is 8.96. The second-order valence-corrected chi connectivity index (χ2v) is 7.26. The van der Waals surface area contributed by atoms with Gasteiger partial charge in [0.15, 0.2) is 0 Å². The van der Waals surface area contributed by atoms with Crippen molar-refractivity contribution in [1.82, 2.24) is 20.0 Å². The SMILES string of the molecule is CCc1nn(C)c(CN2CCC(CNC(C)C)CC2)c1Br. The number of hydrogen-bond donors (Lipinski definition) is 1. The molecule has 1 aromatic rings. The van der Waals surface area contributed by atoms with E-state index >= 15 is 0 Å². The minimum absolute atomic E-state index is 0.598. The van der Waals surface area contributed by atoms with Gasteiger partial charge in [0.05, 0.1) is 15.9 Å². The molecule has 0 radical (unpaired) electrons. The molecule has 1 fully saturated rings. The van der Waals surface area contributed by atoms with Gasteiger partial charge in [-0.3, -0.25) is 9.58 Å². The molecule has 0 spiro atoms. The smallest absolute Gasteiger partial charge is 0.0767 e. The molecule has 21 heavy (non-hydrogen) atoms. The van der Waals surface area contributed by atoms with Gasteiger partial charge < -0.3 is 5.32 Å². The van der Waals surface area contributed by atoms with Crippen LogP contribution in [0, 0.1) is 5.92 Å². The van der Waals surface area contributed by atoms with Crippen LogP contribution in [0.1, 0.15) is 45.0 Å². The third-order valence-electron chi connectivity index (χ3n) is 4.40. The van der Waals surface area contributed by atoms with Gasteiger partial charge in [0.2, 0.25) is 0 Å². The summed E-state index contributed by atoms with van der Waals surface area (Å²) in [6, 6.07) is 0.598. The summed E-state index contributed by atoms with van der Waals surface area (Å²) in [5, 5.41) is 8.16. The average Bonchev–Trinajstić information content (AvgIpc) is 2.74. The number of hydrogen-bond acceptors (Lipinski definition) is 3. The highest BCUT2D eigenvalue weighted by atomic mass is 79.9. The zero-order valence-corrected chi connectivity index (χ0v) is 15.4. The van der Waals surface area contributed by atoms with Crippen LogP contribution < -0.4 is 5.32 Å². The Morgan fingerprint density at radius 3 is 2.52 bits per heavy atom. The van der Waals surface area contributed by atoms with Gasteiger partial charge in [-0.05, 0) is 60.7 Å². The molecule has 1 aromatic heterocycles. The summed E-state index contributed by atoms with van der Waals surface area (Å²) >= 11 is 3.72. The van der Waals surface area contributed by atoms with Gasteiger partial charge in [-0.15, -0.1) is 0 Å². The van der Waals surface area contributed by atoms with Gasteiger partial charge in [-0.2, -0.15) is 5.10 Å². The van der Waals surface area contributed by atoms with E-state index in [2.05, 4.69) is 59.1 Å². The Balaban J connectivity index is 1.85. The highest BCUT2D eigenvalue weighted by molar-refractivity contribution is 9.10. The van der Waals surface area contributed by atoms with Crippen LogP contribution in [-0.2, 0) is 20.0 Å². The number of piperidine rings is 1. The van der Waals surface area contributed by atoms with Crippen LogP contribution in [0.3, 0.4) is 0 Å². The molecule has 1 saturated heterocycles. The van der Waals surface area contributed by atoms with Gasteiger partial charge in [-0.1, -0.05) is 20.8 Å². The van der Waals surface area contributed by atoms with Crippen LogP contribution in [0.2, 0.25) is 0 Å². The largest absolute Gasteiger partial charge is 0.314 e. The fourth-order valence-electron chi connectivity index (χ4n) is 2.95. The number of rotatable bonds is 6. The van der Waals surface area contributed by atoms with Gasteiger partial charge >= 0.3 is 0 Å². The van der Waals surface area contributed by atoms with Gasteiger partial charge in [0.1, 0.15) is 0 Å². The molecule has 0 aromatic carbocycles. The van der Waals surface area contributed by atoms with Crippen LogP contribution in [0.25, 0.3) is 0 Å². The van der Waals surface area contributed by atoms with Gasteiger partial charge in [0, 0.05) is 19.6 Å². The molecule has 0 bridgehead atoms. The average molecular weight is 357 g/mol. The molecule has 0 saturated carbocycles. The van der Waals surface area contributed by atoms with Crippen LogP contribution in [0.15, 0.2) is 4.47 Å². The van der Waals surface area contributed by atoms with Crippen molar-refractivity contribution < 1.29 is 0 Å². The second-order valence-electron chi connectivity index (χ2n) is 6.47. The summed E-state index contributed by atoms with van der Waals surface area (Å²) in [4.78, 5) is 2.56. The summed E-state index contributed by atoms with van der Waals surface area (Å²) in [6.07, 6.45) is 3.59.